The Morgan fingerprint density at radius 3 is 2.69 bits per heavy atom. The van der Waals surface area contributed by atoms with Crippen LogP contribution in [0.3, 0.4) is 0 Å². The molecule has 2 aromatic carbocycles. The van der Waals surface area contributed by atoms with Gasteiger partial charge in [0, 0.05) is 17.7 Å². The molecule has 0 fully saturated rings. The van der Waals surface area contributed by atoms with Crippen LogP contribution in [0.15, 0.2) is 48.5 Å². The summed E-state index contributed by atoms with van der Waals surface area (Å²) in [5, 5.41) is 9.36. The number of carbonyl (C=O) groups is 1. The van der Waals surface area contributed by atoms with Crippen molar-refractivity contribution in [2.24, 2.45) is 0 Å². The number of para-hydroxylation sites is 1. The van der Waals surface area contributed by atoms with Crippen molar-refractivity contribution in [2.75, 3.05) is 6.54 Å². The highest BCUT2D eigenvalue weighted by molar-refractivity contribution is 5.92. The van der Waals surface area contributed by atoms with Gasteiger partial charge in [0.2, 0.25) is 0 Å². The first-order valence-corrected chi connectivity index (χ1v) is 9.08. The Labute approximate surface area is 164 Å². The molecule has 8 heteroatoms. The first kappa shape index (κ1) is 19.0. The number of nitrogens with zero attached hydrogens (tertiary/aromatic N) is 1. The van der Waals surface area contributed by atoms with Crippen molar-refractivity contribution in [3.8, 4) is 16.9 Å². The predicted octanol–water partition coefficient (Wildman–Crippen LogP) is 4.14. The molecule has 1 atom stereocenters. The molecule has 0 spiro atoms. The van der Waals surface area contributed by atoms with E-state index in [0.29, 0.717) is 17.7 Å². The summed E-state index contributed by atoms with van der Waals surface area (Å²) in [6.45, 7) is 2.01. The number of halogens is 3. The number of amides is 1. The van der Waals surface area contributed by atoms with Gasteiger partial charge in [0.05, 0.1) is 12.1 Å². The number of fused-ring (bicyclic) bond motifs is 1. The molecule has 0 saturated carbocycles. The summed E-state index contributed by atoms with van der Waals surface area (Å²) in [6.07, 6.45) is -4.34. The third kappa shape index (κ3) is 3.83. The van der Waals surface area contributed by atoms with Gasteiger partial charge in [-0.1, -0.05) is 36.4 Å². The quantitative estimate of drug-likeness (QED) is 0.691. The van der Waals surface area contributed by atoms with E-state index in [-0.39, 0.29) is 29.8 Å². The van der Waals surface area contributed by atoms with Gasteiger partial charge in [-0.15, -0.1) is 0 Å². The van der Waals surface area contributed by atoms with Crippen molar-refractivity contribution < 1.29 is 22.7 Å². The zero-order valence-corrected chi connectivity index (χ0v) is 15.5. The van der Waals surface area contributed by atoms with Crippen LogP contribution in [0.25, 0.3) is 11.1 Å². The molecule has 29 heavy (non-hydrogen) atoms. The van der Waals surface area contributed by atoms with Crippen molar-refractivity contribution >= 4 is 5.91 Å². The summed E-state index contributed by atoms with van der Waals surface area (Å²) in [6, 6.07) is 12.2. The highest BCUT2D eigenvalue weighted by Crippen LogP contribution is 2.43. The van der Waals surface area contributed by atoms with Crippen molar-refractivity contribution in [2.45, 2.75) is 25.6 Å². The number of alkyl halides is 3. The van der Waals surface area contributed by atoms with Crippen molar-refractivity contribution in [1.29, 1.82) is 0 Å². The van der Waals surface area contributed by atoms with Gasteiger partial charge in [0.15, 0.2) is 0 Å². The predicted molar refractivity (Wildman–Crippen MR) is 101 cm³/mol. The van der Waals surface area contributed by atoms with Crippen molar-refractivity contribution in [1.82, 2.24) is 15.5 Å². The van der Waals surface area contributed by atoms with Crippen molar-refractivity contribution in [3.05, 3.63) is 71.0 Å². The normalized spacial score (nSPS) is 15.7. The molecule has 5 nitrogen and oxygen atoms in total. The van der Waals surface area contributed by atoms with E-state index in [1.54, 1.807) is 31.2 Å². The lowest BCUT2D eigenvalue weighted by molar-refractivity contribution is -0.137. The van der Waals surface area contributed by atoms with E-state index >= 15 is 0 Å². The molecule has 2 heterocycles. The number of ether oxygens (including phenoxy) is 1. The van der Waals surface area contributed by atoms with Crippen LogP contribution in [0.5, 0.6) is 5.75 Å². The Kier molecular flexibility index (Phi) is 4.77. The maximum absolute atomic E-state index is 13.4. The van der Waals surface area contributed by atoms with Crippen LogP contribution >= 0.6 is 0 Å². The Bertz CT molecular complexity index is 1060. The highest BCUT2D eigenvalue weighted by Gasteiger charge is 2.35. The minimum atomic E-state index is -4.47. The minimum Gasteiger partial charge on any atom is -0.487 e. The van der Waals surface area contributed by atoms with E-state index in [1.807, 2.05) is 6.07 Å². The Balaban J connectivity index is 1.54. The number of hydrogen-bond acceptors (Lipinski definition) is 3. The average Bonchev–Trinajstić information content (AvgIpc) is 3.31. The van der Waals surface area contributed by atoms with Gasteiger partial charge in [-0.3, -0.25) is 9.89 Å². The fourth-order valence-corrected chi connectivity index (χ4v) is 3.46. The summed E-state index contributed by atoms with van der Waals surface area (Å²) in [7, 11) is 0. The molecule has 4 rings (SSSR count). The lowest BCUT2D eigenvalue weighted by Crippen LogP contribution is -2.34. The van der Waals surface area contributed by atoms with E-state index in [0.717, 1.165) is 17.3 Å². The molecule has 1 aliphatic heterocycles. The Hall–Kier alpha value is -3.29. The summed E-state index contributed by atoms with van der Waals surface area (Å²) in [4.78, 5) is 12.2. The van der Waals surface area contributed by atoms with Gasteiger partial charge in [-0.2, -0.15) is 18.3 Å². The number of rotatable bonds is 4. The molecule has 0 bridgehead atoms. The first-order chi connectivity index (χ1) is 13.8. The van der Waals surface area contributed by atoms with Gasteiger partial charge in [-0.25, -0.2) is 0 Å². The van der Waals surface area contributed by atoms with Crippen LogP contribution in [-0.4, -0.2) is 28.8 Å². The van der Waals surface area contributed by atoms with Gasteiger partial charge in [0.25, 0.3) is 5.91 Å². The zero-order valence-electron chi connectivity index (χ0n) is 15.5. The summed E-state index contributed by atoms with van der Waals surface area (Å²) < 4.78 is 46.3. The lowest BCUT2D eigenvalue weighted by Gasteiger charge is -2.16. The van der Waals surface area contributed by atoms with Gasteiger partial charge >= 0.3 is 6.18 Å². The molecule has 2 N–H and O–H groups in total. The largest absolute Gasteiger partial charge is 0.487 e. The fraction of sp³-hybridized carbons (Fsp3) is 0.238. The topological polar surface area (TPSA) is 67.0 Å². The second-order valence-corrected chi connectivity index (χ2v) is 6.93. The summed E-state index contributed by atoms with van der Waals surface area (Å²) in [5.74, 6) is 0.0932. The number of hydrogen-bond donors (Lipinski definition) is 2. The lowest BCUT2D eigenvalue weighted by atomic mass is 9.96. The molecule has 1 aromatic heterocycles. The molecule has 0 aliphatic carbocycles. The molecular weight excluding hydrogens is 383 g/mol. The molecular formula is C21H18F3N3O2. The van der Waals surface area contributed by atoms with Crippen LogP contribution in [0.2, 0.25) is 0 Å². The van der Waals surface area contributed by atoms with E-state index in [1.165, 1.54) is 12.1 Å². The molecule has 3 aromatic rings. The standard InChI is InChI=1S/C21H18F3N3O2/c1-12-9-18(27-26-12)20(28)25-11-14-10-13-5-4-7-16(19(13)29-14)15-6-2-3-8-17(15)21(22,23)24/h2-9,14H,10-11H2,1H3,(H,25,28)(H,26,27)/t14-/m0/s1. The number of benzene rings is 2. The van der Waals surface area contributed by atoms with Gasteiger partial charge < -0.3 is 10.1 Å². The SMILES string of the molecule is Cc1cc(C(=O)NC[C@@H]2Cc3cccc(-c4ccccc4C(F)(F)F)c3O2)n[nH]1. The van der Waals surface area contributed by atoms with Crippen LogP contribution in [0.1, 0.15) is 27.3 Å². The van der Waals surface area contributed by atoms with Gasteiger partial charge in [-0.05, 0) is 30.2 Å². The molecule has 0 unspecified atom stereocenters. The number of H-pyrrole nitrogens is 1. The number of aromatic nitrogens is 2. The number of aromatic amines is 1. The average molecular weight is 401 g/mol. The summed E-state index contributed by atoms with van der Waals surface area (Å²) in [5.41, 5.74) is 1.63. The molecule has 1 aliphatic rings. The summed E-state index contributed by atoms with van der Waals surface area (Å²) >= 11 is 0. The minimum absolute atomic E-state index is 0.0773. The Morgan fingerprint density at radius 2 is 1.97 bits per heavy atom. The maximum Gasteiger partial charge on any atom is 0.417 e. The molecule has 150 valence electrons. The number of carbonyl (C=O) groups excluding carboxylic acids is 1. The van der Waals surface area contributed by atoms with Crippen LogP contribution in [0, 0.1) is 6.92 Å². The highest BCUT2D eigenvalue weighted by atomic mass is 19.4. The smallest absolute Gasteiger partial charge is 0.417 e. The number of aryl methyl sites for hydroxylation is 1. The van der Waals surface area contributed by atoms with E-state index in [2.05, 4.69) is 15.5 Å². The van der Waals surface area contributed by atoms with Gasteiger partial charge in [0.1, 0.15) is 17.5 Å². The van der Waals surface area contributed by atoms with Crippen LogP contribution in [-0.2, 0) is 12.6 Å². The Morgan fingerprint density at radius 1 is 1.21 bits per heavy atom. The second kappa shape index (κ2) is 7.27. The third-order valence-electron chi connectivity index (χ3n) is 4.78. The monoisotopic (exact) mass is 401 g/mol. The van der Waals surface area contributed by atoms with Crippen LogP contribution in [0.4, 0.5) is 13.2 Å². The van der Waals surface area contributed by atoms with E-state index in [9.17, 15) is 18.0 Å². The molecule has 0 radical (unpaired) electrons. The third-order valence-corrected chi connectivity index (χ3v) is 4.78. The first-order valence-electron chi connectivity index (χ1n) is 9.08. The maximum atomic E-state index is 13.4. The van der Waals surface area contributed by atoms with E-state index < -0.39 is 11.7 Å². The van der Waals surface area contributed by atoms with Crippen molar-refractivity contribution in [3.63, 3.8) is 0 Å². The second-order valence-electron chi connectivity index (χ2n) is 6.93. The fourth-order valence-electron chi connectivity index (χ4n) is 3.46. The zero-order chi connectivity index (χ0) is 20.6. The van der Waals surface area contributed by atoms with Crippen LogP contribution < -0.4 is 10.1 Å². The van der Waals surface area contributed by atoms with E-state index in [4.69, 9.17) is 4.74 Å². The molecule has 0 saturated heterocycles. The molecule has 1 amide bonds. The number of nitrogens with one attached hydrogen (secondary N) is 2.